The molecule has 452 valence electrons. The van der Waals surface area contributed by atoms with E-state index in [9.17, 15) is 9.59 Å². The predicted octanol–water partition coefficient (Wildman–Crippen LogP) is 18.7. The molecule has 0 atom stereocenters. The summed E-state index contributed by atoms with van der Waals surface area (Å²) in [6.07, 6.45) is 6.01. The minimum atomic E-state index is -0.125. The zero-order chi connectivity index (χ0) is 59.4. The molecule has 0 bridgehead atoms. The molecule has 0 aliphatic heterocycles. The Bertz CT molecular complexity index is 4160. The predicted molar refractivity (Wildman–Crippen MR) is 344 cm³/mol. The van der Waals surface area contributed by atoms with E-state index < -0.39 is 0 Å². The fraction of sp³-hybridized carbons (Fsp3) is 0.104. The summed E-state index contributed by atoms with van der Waals surface area (Å²) < 4.78 is 0. The molecule has 0 saturated heterocycles. The van der Waals surface area contributed by atoms with Gasteiger partial charge in [0.15, 0.2) is 11.6 Å². The third kappa shape index (κ3) is 20.1. The average molecular weight is 1860 g/mol. The fourth-order valence-electron chi connectivity index (χ4n) is 9.62. The molecule has 13 rings (SSSR count). The second-order valence-corrected chi connectivity index (χ2v) is 20.4. The summed E-state index contributed by atoms with van der Waals surface area (Å²) in [4.78, 5) is 33.6. The van der Waals surface area contributed by atoms with Gasteiger partial charge in [-0.1, -0.05) is 133 Å². The van der Waals surface area contributed by atoms with Crippen molar-refractivity contribution in [3.63, 3.8) is 0 Å². The van der Waals surface area contributed by atoms with Gasteiger partial charge in [-0.25, -0.2) is 5.56 Å². The van der Waals surface area contributed by atoms with Gasteiger partial charge in [-0.2, -0.15) is 42.0 Å². The monoisotopic (exact) mass is 1870 g/mol. The number of aliphatic hydroxyl groups excluding tert-OH is 2. The van der Waals surface area contributed by atoms with Gasteiger partial charge in [-0.3, -0.25) is 14.6 Å². The molecule has 2 N–H and O–H groups in total. The van der Waals surface area contributed by atoms with E-state index in [2.05, 4.69) is 187 Å². The van der Waals surface area contributed by atoms with Crippen LogP contribution in [0.25, 0.3) is 88.5 Å². The van der Waals surface area contributed by atoms with E-state index in [-0.39, 0.29) is 109 Å². The van der Waals surface area contributed by atoms with Crippen LogP contribution in [0.5, 0.6) is 0 Å². The molecule has 0 spiro atoms. The van der Waals surface area contributed by atoms with Crippen LogP contribution in [0, 0.1) is 37.3 Å². The first-order chi connectivity index (χ1) is 40.7. The second kappa shape index (κ2) is 35.9. The Morgan fingerprint density at radius 2 is 1.03 bits per heavy atom. The number of rotatable bonds is 6. The fourth-order valence-corrected chi connectivity index (χ4v) is 9.62. The molecule has 3 aromatic heterocycles. The topological polar surface area (TPSA) is 113 Å². The van der Waals surface area contributed by atoms with Gasteiger partial charge >= 0.3 is 0 Å². The van der Waals surface area contributed by atoms with Gasteiger partial charge in [0, 0.05) is 110 Å². The molecule has 88 heavy (non-hydrogen) atoms. The Kier molecular flexibility index (Phi) is 29.7. The van der Waals surface area contributed by atoms with Crippen molar-refractivity contribution >= 4 is 44.0 Å². The van der Waals surface area contributed by atoms with E-state index >= 15 is 0 Å². The Morgan fingerprint density at radius 1 is 0.455 bits per heavy atom. The molecular weight excluding hydrogens is 1800 g/mol. The molecule has 0 unspecified atom stereocenters. The van der Waals surface area contributed by atoms with Crippen LogP contribution in [0.15, 0.2) is 261 Å². The largest absolute Gasteiger partial charge is 0.512 e. The summed E-state index contributed by atoms with van der Waals surface area (Å²) >= 11 is 0. The van der Waals surface area contributed by atoms with Crippen molar-refractivity contribution in [2.45, 2.75) is 53.9 Å². The number of pyridine rings is 3. The van der Waals surface area contributed by atoms with Crippen molar-refractivity contribution in [1.82, 2.24) is 15.0 Å². The van der Waals surface area contributed by atoms with Gasteiger partial charge in [0.05, 0.1) is 17.0 Å². The van der Waals surface area contributed by atoms with Crippen molar-refractivity contribution in [2.24, 2.45) is 0 Å². The number of carbonyl (C=O) groups excluding carboxylic acids is 2. The molecule has 1 aliphatic rings. The quantitative estimate of drug-likeness (QED) is 0.0968. The van der Waals surface area contributed by atoms with E-state index in [1.165, 1.54) is 89.2 Å². The van der Waals surface area contributed by atoms with Crippen LogP contribution in [0.3, 0.4) is 0 Å². The van der Waals surface area contributed by atoms with E-state index in [1.54, 1.807) is 6.20 Å². The van der Waals surface area contributed by atoms with Gasteiger partial charge in [-0.05, 0) is 97.2 Å². The van der Waals surface area contributed by atoms with Crippen LogP contribution in [-0.2, 0) is 95.4 Å². The number of benzene rings is 9. The van der Waals surface area contributed by atoms with Crippen molar-refractivity contribution < 1.29 is 100 Å². The minimum Gasteiger partial charge on any atom is -0.512 e. The summed E-state index contributed by atoms with van der Waals surface area (Å²) in [6.45, 7) is 12.4. The molecule has 0 saturated carbocycles. The standard InChI is InChI=1S/C24H18N.C16H12N.C16H10.C11H8N.2C5H8O2.4Ir/c1-24(2)21-10-6-5-9-19(21)20-12-11-17(15-22(20)24)23-18-8-4-3-7-16(18)13-14-25-23;1-12-6-5-9-16-14(12)10-11-15(17-16)13-7-3-2-4-8-13;1-2-6-13(7-3-1)16-11-10-14-8-4-5-9-15(14)12-16;1-2-6-10(7-3-1)11-8-4-5-9-12-11;2*1-4(6)3-5(2)7;;;;/h3-10,12-15H,1-2H3;2-7,9-11H,1H3;1-6,8-11H;1-6,8-9H;2*3,6H,1-2H3;;;;/q2*-1;-2;-1;;;;;;. The Balaban J connectivity index is 0.000000236. The first kappa shape index (κ1) is 72.7. The number of fused-ring (bicyclic) bond motifs is 6. The zero-order valence-corrected chi connectivity index (χ0v) is 59.1. The average Bonchev–Trinajstić information content (AvgIpc) is 2.59. The minimum absolute atomic E-state index is 0. The first-order valence-corrected chi connectivity index (χ1v) is 27.5. The summed E-state index contributed by atoms with van der Waals surface area (Å²) in [7, 11) is 0. The maximum atomic E-state index is 10.0. The molecule has 0 amide bonds. The van der Waals surface area contributed by atoms with E-state index in [1.807, 2.05) is 109 Å². The van der Waals surface area contributed by atoms with Gasteiger partial charge < -0.3 is 20.2 Å². The summed E-state index contributed by atoms with van der Waals surface area (Å²) in [5.41, 5.74) is 16.0. The van der Waals surface area contributed by atoms with Gasteiger partial charge in [0.2, 0.25) is 0 Å². The normalized spacial score (nSPS) is 11.2. The van der Waals surface area contributed by atoms with Crippen LogP contribution >= 0.6 is 0 Å². The number of aliphatic hydroxyl groups is 2. The molecule has 4 radical (unpaired) electrons. The Labute approximate surface area is 571 Å². The van der Waals surface area contributed by atoms with Crippen LogP contribution in [-0.4, -0.2) is 36.7 Å². The summed E-state index contributed by atoms with van der Waals surface area (Å²) in [6, 6.07) is 92.5. The van der Waals surface area contributed by atoms with Crippen molar-refractivity contribution in [3.05, 3.63) is 308 Å². The molecule has 7 nitrogen and oxygen atoms in total. The van der Waals surface area contributed by atoms with Crippen LogP contribution in [0.4, 0.5) is 0 Å². The first-order valence-electron chi connectivity index (χ1n) is 27.5. The number of hydrogen-bond donors (Lipinski definition) is 2. The van der Waals surface area contributed by atoms with Gasteiger partial charge in [0.1, 0.15) is 0 Å². The Hall–Kier alpha value is -7.77. The summed E-state index contributed by atoms with van der Waals surface area (Å²) in [5, 5.41) is 22.7. The molecule has 1 aliphatic carbocycles. The number of allylic oxidation sites excluding steroid dienone is 4. The maximum absolute atomic E-state index is 10.0. The summed E-state index contributed by atoms with van der Waals surface area (Å²) in [5.74, 6) is -0.125. The van der Waals surface area contributed by atoms with E-state index in [4.69, 9.17) is 10.2 Å². The van der Waals surface area contributed by atoms with Crippen molar-refractivity contribution in [2.75, 3.05) is 0 Å². The van der Waals surface area contributed by atoms with Crippen LogP contribution in [0.1, 0.15) is 58.2 Å². The third-order valence-corrected chi connectivity index (χ3v) is 13.5. The molecular formula is C77H64Ir4N3O4-5. The van der Waals surface area contributed by atoms with E-state index in [0.717, 1.165) is 55.8 Å². The smallest absolute Gasteiger partial charge is 0.155 e. The number of hydrogen-bond acceptors (Lipinski definition) is 7. The van der Waals surface area contributed by atoms with Crippen molar-refractivity contribution in [1.29, 1.82) is 0 Å². The number of aryl methyl sites for hydroxylation is 1. The SMILES string of the molecule is CC(=O)C=C(C)O.CC(=O)C=C(C)O.CC1(C)c2ccccc2-c2c[c-]c(-c3nccc4ccccc34)cc21.Cc1cccc2nc(-c3[c-]cccc3)ccc12.[Ir].[Ir].[Ir].[Ir].[c-]1ccccc1-c1[c-]c2ccccc2cc1.[c-]1ccccc1-c1ccccn1. The third-order valence-electron chi connectivity index (χ3n) is 13.5. The van der Waals surface area contributed by atoms with Gasteiger partial charge in [-0.15, -0.1) is 125 Å². The number of ketones is 2. The molecule has 12 aromatic rings. The van der Waals surface area contributed by atoms with Gasteiger partial charge in [0.25, 0.3) is 0 Å². The maximum Gasteiger partial charge on any atom is 0.155 e. The number of nitrogens with zero attached hydrogens (tertiary/aromatic N) is 3. The molecule has 11 heteroatoms. The second-order valence-electron chi connectivity index (χ2n) is 20.4. The van der Waals surface area contributed by atoms with Crippen LogP contribution in [0.2, 0.25) is 0 Å². The van der Waals surface area contributed by atoms with Crippen LogP contribution < -0.4 is 0 Å². The zero-order valence-electron chi connectivity index (χ0n) is 49.6. The number of aromatic nitrogens is 3. The molecule has 9 aromatic carbocycles. The van der Waals surface area contributed by atoms with E-state index in [0.29, 0.717) is 0 Å². The number of carbonyl (C=O) groups is 2. The Morgan fingerprint density at radius 3 is 1.64 bits per heavy atom. The molecule has 0 fully saturated rings. The molecule has 3 heterocycles. The van der Waals surface area contributed by atoms with Crippen molar-refractivity contribution in [3.8, 4) is 56.0 Å².